The van der Waals surface area contributed by atoms with Crippen molar-refractivity contribution in [2.45, 2.75) is 18.8 Å². The van der Waals surface area contributed by atoms with Crippen molar-refractivity contribution in [2.75, 3.05) is 0 Å². The molecule has 1 aromatic rings. The summed E-state index contributed by atoms with van der Waals surface area (Å²) in [5, 5.41) is 8.65. The van der Waals surface area contributed by atoms with Crippen LogP contribution < -0.4 is 0 Å². The third kappa shape index (κ3) is 1.09. The highest BCUT2D eigenvalue weighted by Crippen LogP contribution is 2.38. The van der Waals surface area contributed by atoms with E-state index in [1.54, 1.807) is 10.8 Å². The molecular weight excluding hydrogens is 156 g/mol. The Hall–Kier alpha value is -1.32. The van der Waals surface area contributed by atoms with Gasteiger partial charge < -0.3 is 9.67 Å². The summed E-state index contributed by atoms with van der Waals surface area (Å²) >= 11 is 0. The van der Waals surface area contributed by atoms with E-state index >= 15 is 0 Å². The van der Waals surface area contributed by atoms with Gasteiger partial charge in [0.25, 0.3) is 0 Å². The fourth-order valence-corrected chi connectivity index (χ4v) is 1.30. The van der Waals surface area contributed by atoms with E-state index in [9.17, 15) is 4.79 Å². The normalized spacial score (nSPS) is 16.4. The standard InChI is InChI=1S/C8H10N2O2/c1-10-4-6(8(11)12)9-7(10)5-2-3-5/h4-5H,2-3H2,1H3,(H,11,12). The van der Waals surface area contributed by atoms with Crippen LogP contribution in [0.3, 0.4) is 0 Å². The van der Waals surface area contributed by atoms with Crippen LogP contribution in [0.1, 0.15) is 35.1 Å². The highest BCUT2D eigenvalue weighted by molar-refractivity contribution is 5.85. The zero-order valence-electron chi connectivity index (χ0n) is 6.82. The van der Waals surface area contributed by atoms with Crippen molar-refractivity contribution in [3.05, 3.63) is 17.7 Å². The number of carbonyl (C=O) groups is 1. The molecule has 1 aliphatic carbocycles. The maximum atomic E-state index is 10.5. The van der Waals surface area contributed by atoms with Crippen LogP contribution in [0.5, 0.6) is 0 Å². The molecule has 64 valence electrons. The van der Waals surface area contributed by atoms with Gasteiger partial charge in [0.2, 0.25) is 0 Å². The van der Waals surface area contributed by atoms with E-state index in [1.807, 2.05) is 7.05 Å². The smallest absolute Gasteiger partial charge is 0.356 e. The van der Waals surface area contributed by atoms with Crippen LogP contribution in [0.4, 0.5) is 0 Å². The van der Waals surface area contributed by atoms with Gasteiger partial charge in [0.15, 0.2) is 5.69 Å². The monoisotopic (exact) mass is 166 g/mol. The molecule has 0 spiro atoms. The summed E-state index contributed by atoms with van der Waals surface area (Å²) < 4.78 is 1.81. The molecule has 1 fully saturated rings. The average Bonchev–Trinajstić information content (AvgIpc) is 2.75. The maximum absolute atomic E-state index is 10.5. The first kappa shape index (κ1) is 7.34. The summed E-state index contributed by atoms with van der Waals surface area (Å²) in [6.45, 7) is 0. The number of carboxylic acids is 1. The van der Waals surface area contributed by atoms with E-state index in [2.05, 4.69) is 4.98 Å². The van der Waals surface area contributed by atoms with Gasteiger partial charge in [-0.05, 0) is 12.8 Å². The highest BCUT2D eigenvalue weighted by atomic mass is 16.4. The Labute approximate surface area is 69.8 Å². The molecule has 4 heteroatoms. The van der Waals surface area contributed by atoms with Crippen molar-refractivity contribution in [2.24, 2.45) is 7.05 Å². The Bertz CT molecular complexity index is 326. The van der Waals surface area contributed by atoms with E-state index in [1.165, 1.54) is 0 Å². The fraction of sp³-hybridized carbons (Fsp3) is 0.500. The predicted molar refractivity (Wildman–Crippen MR) is 42.1 cm³/mol. The first-order valence-corrected chi connectivity index (χ1v) is 3.95. The van der Waals surface area contributed by atoms with Gasteiger partial charge >= 0.3 is 5.97 Å². The molecule has 1 aromatic heterocycles. The molecule has 0 bridgehead atoms. The molecule has 0 aromatic carbocycles. The van der Waals surface area contributed by atoms with E-state index in [0.29, 0.717) is 5.92 Å². The molecule has 0 radical (unpaired) electrons. The lowest BCUT2D eigenvalue weighted by molar-refractivity contribution is 0.0691. The lowest BCUT2D eigenvalue weighted by Gasteiger charge is -1.94. The first-order valence-electron chi connectivity index (χ1n) is 3.95. The van der Waals surface area contributed by atoms with Crippen LogP contribution in [0.15, 0.2) is 6.20 Å². The van der Waals surface area contributed by atoms with Gasteiger partial charge in [-0.2, -0.15) is 0 Å². The molecule has 0 aliphatic heterocycles. The number of aromatic nitrogens is 2. The maximum Gasteiger partial charge on any atom is 0.356 e. The molecule has 0 unspecified atom stereocenters. The number of hydrogen-bond acceptors (Lipinski definition) is 2. The molecule has 1 saturated carbocycles. The van der Waals surface area contributed by atoms with E-state index in [0.717, 1.165) is 18.7 Å². The molecule has 1 aliphatic rings. The Morgan fingerprint density at radius 1 is 1.75 bits per heavy atom. The summed E-state index contributed by atoms with van der Waals surface area (Å²) in [7, 11) is 1.84. The van der Waals surface area contributed by atoms with Crippen molar-refractivity contribution >= 4 is 5.97 Å². The van der Waals surface area contributed by atoms with Crippen molar-refractivity contribution in [1.29, 1.82) is 0 Å². The highest BCUT2D eigenvalue weighted by Gasteiger charge is 2.28. The number of nitrogens with zero attached hydrogens (tertiary/aromatic N) is 2. The van der Waals surface area contributed by atoms with Crippen LogP contribution in [-0.2, 0) is 7.05 Å². The fourth-order valence-electron chi connectivity index (χ4n) is 1.30. The Balaban J connectivity index is 2.36. The molecular formula is C8H10N2O2. The van der Waals surface area contributed by atoms with Crippen molar-refractivity contribution < 1.29 is 9.90 Å². The minimum absolute atomic E-state index is 0.152. The number of aromatic carboxylic acids is 1. The molecule has 0 atom stereocenters. The summed E-state index contributed by atoms with van der Waals surface area (Å²) in [4.78, 5) is 14.6. The number of aryl methyl sites for hydroxylation is 1. The Morgan fingerprint density at radius 2 is 2.42 bits per heavy atom. The molecule has 0 amide bonds. The predicted octanol–water partition coefficient (Wildman–Crippen LogP) is 0.996. The van der Waals surface area contributed by atoms with Crippen molar-refractivity contribution in [1.82, 2.24) is 9.55 Å². The third-order valence-corrected chi connectivity index (χ3v) is 2.07. The lowest BCUT2D eigenvalue weighted by Crippen LogP contribution is -1.96. The third-order valence-electron chi connectivity index (χ3n) is 2.07. The van der Waals surface area contributed by atoms with E-state index in [-0.39, 0.29) is 5.69 Å². The zero-order chi connectivity index (χ0) is 8.72. The molecule has 1 N–H and O–H groups in total. The van der Waals surface area contributed by atoms with Crippen molar-refractivity contribution in [3.8, 4) is 0 Å². The molecule has 12 heavy (non-hydrogen) atoms. The molecule has 2 rings (SSSR count). The topological polar surface area (TPSA) is 55.1 Å². The van der Waals surface area contributed by atoms with Crippen LogP contribution >= 0.6 is 0 Å². The Morgan fingerprint density at radius 3 is 2.83 bits per heavy atom. The van der Waals surface area contributed by atoms with Gasteiger partial charge in [-0.3, -0.25) is 0 Å². The molecule has 0 saturated heterocycles. The summed E-state index contributed by atoms with van der Waals surface area (Å²) in [6, 6.07) is 0. The summed E-state index contributed by atoms with van der Waals surface area (Å²) in [5.74, 6) is 0.466. The van der Waals surface area contributed by atoms with Crippen LogP contribution in [0, 0.1) is 0 Å². The van der Waals surface area contributed by atoms with Crippen LogP contribution in [0.2, 0.25) is 0 Å². The molecule has 4 nitrogen and oxygen atoms in total. The van der Waals surface area contributed by atoms with Gasteiger partial charge in [-0.1, -0.05) is 0 Å². The van der Waals surface area contributed by atoms with Crippen LogP contribution in [-0.4, -0.2) is 20.6 Å². The van der Waals surface area contributed by atoms with Gasteiger partial charge in [0.1, 0.15) is 5.82 Å². The summed E-state index contributed by atoms with van der Waals surface area (Å²) in [6.07, 6.45) is 3.85. The Kier molecular flexibility index (Phi) is 1.43. The number of carboxylic acid groups (broad SMARTS) is 1. The van der Waals surface area contributed by atoms with Gasteiger partial charge in [0.05, 0.1) is 0 Å². The van der Waals surface area contributed by atoms with E-state index in [4.69, 9.17) is 5.11 Å². The molecule has 1 heterocycles. The second kappa shape index (κ2) is 2.33. The summed E-state index contributed by atoms with van der Waals surface area (Å²) in [5.41, 5.74) is 0.152. The second-order valence-corrected chi connectivity index (χ2v) is 3.17. The lowest BCUT2D eigenvalue weighted by atomic mass is 10.4. The van der Waals surface area contributed by atoms with Gasteiger partial charge in [-0.15, -0.1) is 0 Å². The minimum atomic E-state index is -0.947. The van der Waals surface area contributed by atoms with Gasteiger partial charge in [0, 0.05) is 19.2 Å². The first-order chi connectivity index (χ1) is 5.68. The average molecular weight is 166 g/mol. The van der Waals surface area contributed by atoms with Crippen LogP contribution in [0.25, 0.3) is 0 Å². The minimum Gasteiger partial charge on any atom is -0.476 e. The SMILES string of the molecule is Cn1cc(C(=O)O)nc1C1CC1. The zero-order valence-corrected chi connectivity index (χ0v) is 6.82. The quantitative estimate of drug-likeness (QED) is 0.712. The van der Waals surface area contributed by atoms with Crippen molar-refractivity contribution in [3.63, 3.8) is 0 Å². The van der Waals surface area contributed by atoms with E-state index < -0.39 is 5.97 Å². The number of hydrogen-bond donors (Lipinski definition) is 1. The second-order valence-electron chi connectivity index (χ2n) is 3.17. The largest absolute Gasteiger partial charge is 0.476 e. The number of rotatable bonds is 2. The number of imidazole rings is 1. The van der Waals surface area contributed by atoms with Gasteiger partial charge in [-0.25, -0.2) is 9.78 Å².